The molecule has 0 spiro atoms. The normalized spacial score (nSPS) is 15.8. The number of nitro groups is 1. The fourth-order valence-electron chi connectivity index (χ4n) is 2.12. The standard InChI is InChI=1S/C16H11NO5/c1-10-7-12(16(18)21-10)9-14-5-6-15(22-14)11-3-2-4-13(8-11)17(19)20/h2-9H,1H3. The van der Waals surface area contributed by atoms with E-state index >= 15 is 0 Å². The van der Waals surface area contributed by atoms with Gasteiger partial charge >= 0.3 is 5.97 Å². The summed E-state index contributed by atoms with van der Waals surface area (Å²) in [7, 11) is 0. The Morgan fingerprint density at radius 1 is 1.23 bits per heavy atom. The lowest BCUT2D eigenvalue weighted by Crippen LogP contribution is -1.95. The van der Waals surface area contributed by atoms with Crippen molar-refractivity contribution in [3.63, 3.8) is 0 Å². The number of non-ortho nitro benzene ring substituents is 1. The van der Waals surface area contributed by atoms with Crippen molar-refractivity contribution in [1.29, 1.82) is 0 Å². The minimum atomic E-state index is -0.461. The molecule has 0 unspecified atom stereocenters. The molecule has 0 fully saturated rings. The van der Waals surface area contributed by atoms with Crippen LogP contribution in [0, 0.1) is 10.1 Å². The molecule has 1 aliphatic heterocycles. The van der Waals surface area contributed by atoms with Crippen LogP contribution in [0.15, 0.2) is 58.2 Å². The molecule has 0 amide bonds. The van der Waals surface area contributed by atoms with E-state index in [4.69, 9.17) is 9.15 Å². The molecular weight excluding hydrogens is 286 g/mol. The summed E-state index contributed by atoms with van der Waals surface area (Å²) in [5.41, 5.74) is 0.990. The topological polar surface area (TPSA) is 82.6 Å². The summed E-state index contributed by atoms with van der Waals surface area (Å²) in [5, 5.41) is 10.8. The molecule has 22 heavy (non-hydrogen) atoms. The van der Waals surface area contributed by atoms with Gasteiger partial charge in [-0.05, 0) is 31.2 Å². The molecule has 2 aromatic rings. The molecule has 0 atom stereocenters. The number of furan rings is 1. The number of allylic oxidation sites excluding steroid dienone is 1. The number of nitrogens with zero attached hydrogens (tertiary/aromatic N) is 1. The Balaban J connectivity index is 1.91. The minimum Gasteiger partial charge on any atom is -0.457 e. The van der Waals surface area contributed by atoms with Crippen LogP contribution in [-0.2, 0) is 9.53 Å². The van der Waals surface area contributed by atoms with Crippen LogP contribution in [0.25, 0.3) is 17.4 Å². The van der Waals surface area contributed by atoms with Crippen LogP contribution in [0.5, 0.6) is 0 Å². The molecule has 1 aromatic heterocycles. The summed E-state index contributed by atoms with van der Waals surface area (Å²) in [6.07, 6.45) is 3.19. The molecule has 6 heteroatoms. The molecule has 0 radical (unpaired) electrons. The fourth-order valence-corrected chi connectivity index (χ4v) is 2.12. The molecule has 1 aliphatic rings. The van der Waals surface area contributed by atoms with E-state index in [1.165, 1.54) is 12.1 Å². The van der Waals surface area contributed by atoms with E-state index in [0.717, 1.165) is 0 Å². The molecule has 0 saturated carbocycles. The second-order valence-corrected chi connectivity index (χ2v) is 4.75. The number of benzene rings is 1. The van der Waals surface area contributed by atoms with Crippen LogP contribution in [0.1, 0.15) is 12.7 Å². The van der Waals surface area contributed by atoms with Gasteiger partial charge in [-0.25, -0.2) is 4.79 Å². The molecule has 2 heterocycles. The van der Waals surface area contributed by atoms with Crippen molar-refractivity contribution in [3.8, 4) is 11.3 Å². The van der Waals surface area contributed by atoms with E-state index in [9.17, 15) is 14.9 Å². The number of carbonyl (C=O) groups is 1. The fraction of sp³-hybridized carbons (Fsp3) is 0.0625. The average molecular weight is 297 g/mol. The average Bonchev–Trinajstić information content (AvgIpc) is 3.06. The highest BCUT2D eigenvalue weighted by molar-refractivity contribution is 5.99. The molecule has 0 aliphatic carbocycles. The van der Waals surface area contributed by atoms with Crippen molar-refractivity contribution in [2.45, 2.75) is 6.92 Å². The summed E-state index contributed by atoms with van der Waals surface area (Å²) in [4.78, 5) is 21.9. The van der Waals surface area contributed by atoms with Crippen LogP contribution in [-0.4, -0.2) is 10.9 Å². The van der Waals surface area contributed by atoms with Gasteiger partial charge in [0.2, 0.25) is 0 Å². The second-order valence-electron chi connectivity index (χ2n) is 4.75. The highest BCUT2D eigenvalue weighted by Crippen LogP contribution is 2.27. The van der Waals surface area contributed by atoms with E-state index in [2.05, 4.69) is 0 Å². The Kier molecular flexibility index (Phi) is 3.34. The van der Waals surface area contributed by atoms with E-state index in [1.54, 1.807) is 43.3 Å². The largest absolute Gasteiger partial charge is 0.457 e. The van der Waals surface area contributed by atoms with Gasteiger partial charge < -0.3 is 9.15 Å². The summed E-state index contributed by atoms with van der Waals surface area (Å²) in [6, 6.07) is 9.55. The second kappa shape index (κ2) is 5.33. The van der Waals surface area contributed by atoms with Crippen molar-refractivity contribution < 1.29 is 18.9 Å². The summed E-state index contributed by atoms with van der Waals surface area (Å²) < 4.78 is 10.5. The Hall–Kier alpha value is -3.15. The predicted molar refractivity (Wildman–Crippen MR) is 78.6 cm³/mol. The number of nitro benzene ring substituents is 1. The third kappa shape index (κ3) is 2.67. The Morgan fingerprint density at radius 3 is 2.73 bits per heavy atom. The Morgan fingerprint density at radius 2 is 2.05 bits per heavy atom. The zero-order valence-electron chi connectivity index (χ0n) is 11.6. The van der Waals surface area contributed by atoms with Gasteiger partial charge in [0.25, 0.3) is 5.69 Å². The first kappa shape index (κ1) is 13.8. The van der Waals surface area contributed by atoms with Gasteiger partial charge in [0, 0.05) is 17.7 Å². The van der Waals surface area contributed by atoms with Gasteiger partial charge in [0.05, 0.1) is 10.5 Å². The van der Waals surface area contributed by atoms with Gasteiger partial charge in [-0.15, -0.1) is 0 Å². The summed E-state index contributed by atoms with van der Waals surface area (Å²) in [5.74, 6) is 1.06. The highest BCUT2D eigenvalue weighted by Gasteiger charge is 2.18. The van der Waals surface area contributed by atoms with Crippen molar-refractivity contribution in [2.75, 3.05) is 0 Å². The van der Waals surface area contributed by atoms with Gasteiger partial charge in [-0.2, -0.15) is 0 Å². The van der Waals surface area contributed by atoms with Crippen molar-refractivity contribution in [2.24, 2.45) is 0 Å². The number of carbonyl (C=O) groups excluding carboxylic acids is 1. The minimum absolute atomic E-state index is 0.00765. The van der Waals surface area contributed by atoms with Gasteiger partial charge in [-0.3, -0.25) is 10.1 Å². The number of rotatable bonds is 3. The Bertz CT molecular complexity index is 829. The van der Waals surface area contributed by atoms with E-state index in [0.29, 0.717) is 28.4 Å². The number of cyclic esters (lactones) is 1. The summed E-state index contributed by atoms with van der Waals surface area (Å²) >= 11 is 0. The highest BCUT2D eigenvalue weighted by atomic mass is 16.6. The predicted octanol–water partition coefficient (Wildman–Crippen LogP) is 3.70. The summed E-state index contributed by atoms with van der Waals surface area (Å²) in [6.45, 7) is 1.69. The third-order valence-corrected chi connectivity index (χ3v) is 3.11. The lowest BCUT2D eigenvalue weighted by atomic mass is 10.1. The molecule has 3 rings (SSSR count). The quantitative estimate of drug-likeness (QED) is 0.373. The molecule has 6 nitrogen and oxygen atoms in total. The first-order valence-electron chi connectivity index (χ1n) is 6.50. The van der Waals surface area contributed by atoms with Crippen molar-refractivity contribution >= 4 is 17.7 Å². The lowest BCUT2D eigenvalue weighted by Gasteiger charge is -1.97. The number of esters is 1. The van der Waals surface area contributed by atoms with E-state index in [1.807, 2.05) is 0 Å². The third-order valence-electron chi connectivity index (χ3n) is 3.11. The smallest absolute Gasteiger partial charge is 0.343 e. The maximum Gasteiger partial charge on any atom is 0.343 e. The molecule has 0 N–H and O–H groups in total. The molecule has 110 valence electrons. The zero-order chi connectivity index (χ0) is 15.7. The molecule has 0 saturated heterocycles. The molecule has 0 bridgehead atoms. The SMILES string of the molecule is CC1=CC(=Cc2ccc(-c3cccc([N+](=O)[O-])c3)o2)C(=O)O1. The van der Waals surface area contributed by atoms with Crippen LogP contribution in [0.2, 0.25) is 0 Å². The van der Waals surface area contributed by atoms with Crippen LogP contribution in [0.3, 0.4) is 0 Å². The van der Waals surface area contributed by atoms with Crippen LogP contribution < -0.4 is 0 Å². The molecule has 1 aromatic carbocycles. The van der Waals surface area contributed by atoms with Crippen LogP contribution in [0.4, 0.5) is 5.69 Å². The first-order chi connectivity index (χ1) is 10.5. The van der Waals surface area contributed by atoms with Crippen LogP contribution >= 0.6 is 0 Å². The van der Waals surface area contributed by atoms with E-state index in [-0.39, 0.29) is 5.69 Å². The maximum atomic E-state index is 11.5. The maximum absolute atomic E-state index is 11.5. The van der Waals surface area contributed by atoms with Gasteiger partial charge in [0.1, 0.15) is 17.3 Å². The van der Waals surface area contributed by atoms with Gasteiger partial charge in [0.15, 0.2) is 0 Å². The number of hydrogen-bond acceptors (Lipinski definition) is 5. The van der Waals surface area contributed by atoms with Crippen molar-refractivity contribution in [1.82, 2.24) is 0 Å². The van der Waals surface area contributed by atoms with E-state index < -0.39 is 10.9 Å². The zero-order valence-corrected chi connectivity index (χ0v) is 11.6. The molecular formula is C16H11NO5. The van der Waals surface area contributed by atoms with Gasteiger partial charge in [-0.1, -0.05) is 12.1 Å². The lowest BCUT2D eigenvalue weighted by molar-refractivity contribution is -0.384. The van der Waals surface area contributed by atoms with Crippen molar-refractivity contribution in [3.05, 3.63) is 69.7 Å². The Labute approximate surface area is 125 Å². The first-order valence-corrected chi connectivity index (χ1v) is 6.50. The monoisotopic (exact) mass is 297 g/mol. The number of hydrogen-bond donors (Lipinski definition) is 0. The number of ether oxygens (including phenoxy) is 1.